The van der Waals surface area contributed by atoms with Gasteiger partial charge in [0.05, 0.1) is 0 Å². The zero-order valence-electron chi connectivity index (χ0n) is 29.9. The normalized spacial score (nSPS) is 11.7. The van der Waals surface area contributed by atoms with Gasteiger partial charge in [-0.3, -0.25) is 9.78 Å². The van der Waals surface area contributed by atoms with E-state index in [4.69, 9.17) is 14.5 Å². The predicted octanol–water partition coefficient (Wildman–Crippen LogP) is 12.4. The van der Waals surface area contributed by atoms with E-state index >= 15 is 0 Å². The Bertz CT molecular complexity index is 3230. The maximum absolute atomic E-state index is 6.86. The van der Waals surface area contributed by atoms with Crippen LogP contribution in [0, 0.1) is 0 Å². The highest BCUT2D eigenvalue weighted by molar-refractivity contribution is 6.20. The zero-order chi connectivity index (χ0) is 36.3. The molecule has 258 valence electrons. The molecule has 11 rings (SSSR count). The molecule has 0 aliphatic heterocycles. The minimum Gasteiger partial charge on any atom is -0.455 e. The van der Waals surface area contributed by atoms with Crippen LogP contribution in [-0.4, -0.2) is 4.98 Å². The van der Waals surface area contributed by atoms with Crippen molar-refractivity contribution in [1.82, 2.24) is 10.1 Å². The first-order chi connectivity index (χ1) is 27.2. The lowest BCUT2D eigenvalue weighted by atomic mass is 9.91. The highest BCUT2D eigenvalue weighted by atomic mass is 16.3. The second-order valence-electron chi connectivity index (χ2n) is 14.2. The average Bonchev–Trinajstić information content (AvgIpc) is 3.86. The standard InChI is InChI=1S/C51H33N3O/c1-2-12-34(13-3-1)36-24-26-37(27-25-36)50-52-51(54(53-50)32-33-22-23-35-14-4-5-15-38(35)30-33)45-29-28-43(49-48(45)44-20-10-11-21-47(44)55-49)46-31-39-16-6-7-17-40(39)41-18-8-9-19-42(41)46/h1-31H,32H2. The summed E-state index contributed by atoms with van der Waals surface area (Å²) in [5, 5.41) is 14.6. The maximum atomic E-state index is 6.86. The maximum Gasteiger partial charge on any atom is 0.144 e. The molecule has 0 aliphatic carbocycles. The molecule has 0 aliphatic rings. The van der Waals surface area contributed by atoms with Gasteiger partial charge >= 0.3 is 0 Å². The Morgan fingerprint density at radius 1 is 0.455 bits per heavy atom. The molecule has 0 N–H and O–H groups in total. The summed E-state index contributed by atoms with van der Waals surface area (Å²) in [5.74, 6) is 1.47. The van der Waals surface area contributed by atoms with Crippen molar-refractivity contribution in [1.29, 1.82) is 0 Å². The predicted molar refractivity (Wildman–Crippen MR) is 225 cm³/mol. The summed E-state index contributed by atoms with van der Waals surface area (Å²) in [5.41, 5.74) is 9.31. The van der Waals surface area contributed by atoms with Crippen molar-refractivity contribution in [3.63, 3.8) is 0 Å². The van der Waals surface area contributed by atoms with Crippen molar-refractivity contribution in [2.24, 2.45) is 0 Å². The molecule has 0 unspecified atom stereocenters. The fourth-order valence-electron chi connectivity index (χ4n) is 8.23. The largest absolute Gasteiger partial charge is 0.455 e. The van der Waals surface area contributed by atoms with Crippen LogP contribution in [0.25, 0.3) is 99.3 Å². The molecule has 0 saturated carbocycles. The van der Waals surface area contributed by atoms with Crippen molar-refractivity contribution in [2.45, 2.75) is 6.54 Å². The molecule has 4 nitrogen and oxygen atoms in total. The van der Waals surface area contributed by atoms with Gasteiger partial charge in [0.25, 0.3) is 0 Å². The second kappa shape index (κ2) is 12.7. The molecule has 0 spiro atoms. The molecule has 0 atom stereocenters. The second-order valence-corrected chi connectivity index (χ2v) is 14.2. The van der Waals surface area contributed by atoms with Gasteiger partial charge in [-0.25, -0.2) is 0 Å². The van der Waals surface area contributed by atoms with Crippen molar-refractivity contribution >= 4 is 54.3 Å². The Hall–Kier alpha value is -7.30. The van der Waals surface area contributed by atoms with Gasteiger partial charge in [-0.05, 0) is 96.3 Å². The van der Waals surface area contributed by atoms with Gasteiger partial charge in [-0.15, -0.1) is 0 Å². The molecule has 2 aromatic heterocycles. The molecule has 9 aromatic carbocycles. The van der Waals surface area contributed by atoms with E-state index in [-0.39, 0.29) is 0 Å². The van der Waals surface area contributed by atoms with Crippen LogP contribution in [-0.2, 0) is 6.54 Å². The van der Waals surface area contributed by atoms with Crippen LogP contribution in [0.5, 0.6) is 0 Å². The topological polar surface area (TPSA) is 44.0 Å². The van der Waals surface area contributed by atoms with Gasteiger partial charge in [-0.1, -0.05) is 158 Å². The van der Waals surface area contributed by atoms with Crippen LogP contribution in [0.2, 0.25) is 0 Å². The third-order valence-electron chi connectivity index (χ3n) is 10.9. The SMILES string of the molecule is c1ccc(-c2ccc(-c3nc(-c4ccc(-c5cc6ccccc6c6ccccc56)c5oc6ccccc6c45)[n+](Cc4ccc5ccccc5c4)[n-]3)cc2)cc1. The van der Waals surface area contributed by atoms with E-state index in [9.17, 15) is 0 Å². The van der Waals surface area contributed by atoms with Crippen molar-refractivity contribution in [3.05, 3.63) is 194 Å². The van der Waals surface area contributed by atoms with Crippen molar-refractivity contribution in [3.8, 4) is 45.0 Å². The smallest absolute Gasteiger partial charge is 0.144 e. The monoisotopic (exact) mass is 703 g/mol. The van der Waals surface area contributed by atoms with Crippen LogP contribution in [0.15, 0.2) is 192 Å². The molecule has 0 saturated heterocycles. The van der Waals surface area contributed by atoms with Gasteiger partial charge in [0.1, 0.15) is 23.5 Å². The molecule has 2 heterocycles. The van der Waals surface area contributed by atoms with Gasteiger partial charge in [0, 0.05) is 21.9 Å². The molecule has 11 aromatic rings. The lowest BCUT2D eigenvalue weighted by molar-refractivity contribution is -0.737. The molecule has 4 heteroatoms. The highest BCUT2D eigenvalue weighted by Gasteiger charge is 2.22. The van der Waals surface area contributed by atoms with Gasteiger partial charge in [0.2, 0.25) is 0 Å². The molecule has 0 radical (unpaired) electrons. The Labute approximate surface area is 317 Å². The fraction of sp³-hybridized carbons (Fsp3) is 0.0196. The Morgan fingerprint density at radius 3 is 1.93 bits per heavy atom. The minimum absolute atomic E-state index is 0.559. The number of para-hydroxylation sites is 1. The van der Waals surface area contributed by atoms with Crippen molar-refractivity contribution < 1.29 is 9.10 Å². The van der Waals surface area contributed by atoms with Crippen LogP contribution in [0.3, 0.4) is 0 Å². The van der Waals surface area contributed by atoms with E-state index in [0.717, 1.165) is 61.1 Å². The third-order valence-corrected chi connectivity index (χ3v) is 10.9. The summed E-state index contributed by atoms with van der Waals surface area (Å²) >= 11 is 0. The minimum atomic E-state index is 0.559. The van der Waals surface area contributed by atoms with E-state index in [1.807, 2.05) is 12.1 Å². The number of furan rings is 1. The number of benzene rings is 9. The Balaban J connectivity index is 1.13. The highest BCUT2D eigenvalue weighted by Crippen LogP contribution is 2.44. The number of aromatic nitrogens is 3. The van der Waals surface area contributed by atoms with E-state index in [1.54, 1.807) is 0 Å². The van der Waals surface area contributed by atoms with E-state index < -0.39 is 0 Å². The van der Waals surface area contributed by atoms with Gasteiger partial charge < -0.3 is 9.40 Å². The molecular weight excluding hydrogens is 671 g/mol. The molecule has 0 amide bonds. The molecule has 0 fully saturated rings. The van der Waals surface area contributed by atoms with Crippen molar-refractivity contribution in [2.75, 3.05) is 0 Å². The number of fused-ring (bicyclic) bond motifs is 7. The van der Waals surface area contributed by atoms with E-state index in [0.29, 0.717) is 12.4 Å². The van der Waals surface area contributed by atoms with Gasteiger partial charge in [0.15, 0.2) is 0 Å². The first-order valence-electron chi connectivity index (χ1n) is 18.7. The first-order valence-corrected chi connectivity index (χ1v) is 18.7. The Morgan fingerprint density at radius 2 is 1.09 bits per heavy atom. The molecule has 55 heavy (non-hydrogen) atoms. The summed E-state index contributed by atoms with van der Waals surface area (Å²) in [6.45, 7) is 0.559. The molecular formula is C51H33N3O. The lowest BCUT2D eigenvalue weighted by Gasteiger charge is -2.14. The quantitative estimate of drug-likeness (QED) is 0.128. The van der Waals surface area contributed by atoms with Gasteiger partial charge in [-0.2, -0.15) is 0 Å². The lowest BCUT2D eigenvalue weighted by Crippen LogP contribution is -2.40. The first kappa shape index (κ1) is 31.2. The summed E-state index contributed by atoms with van der Waals surface area (Å²) in [4.78, 5) is 5.35. The van der Waals surface area contributed by atoms with Crippen LogP contribution in [0.1, 0.15) is 5.56 Å². The fourth-order valence-corrected chi connectivity index (χ4v) is 8.23. The van der Waals surface area contributed by atoms with Crippen LogP contribution < -0.4 is 9.78 Å². The number of nitrogens with zero attached hydrogens (tertiary/aromatic N) is 3. The van der Waals surface area contributed by atoms with E-state index in [2.05, 4.69) is 181 Å². The van der Waals surface area contributed by atoms with E-state index in [1.165, 1.54) is 37.9 Å². The average molecular weight is 704 g/mol. The summed E-state index contributed by atoms with van der Waals surface area (Å²) in [6, 6.07) is 66.5. The van der Waals surface area contributed by atoms with Crippen LogP contribution >= 0.6 is 0 Å². The number of hydrogen-bond donors (Lipinski definition) is 0. The number of hydrogen-bond acceptors (Lipinski definition) is 2. The summed E-state index contributed by atoms with van der Waals surface area (Å²) < 4.78 is 8.92. The zero-order valence-corrected chi connectivity index (χ0v) is 29.9. The molecule has 0 bridgehead atoms. The Kier molecular flexibility index (Phi) is 7.20. The summed E-state index contributed by atoms with van der Waals surface area (Å²) in [6.07, 6.45) is 0. The summed E-state index contributed by atoms with van der Waals surface area (Å²) in [7, 11) is 0. The third kappa shape index (κ3) is 5.30. The van der Waals surface area contributed by atoms with Crippen LogP contribution in [0.4, 0.5) is 0 Å². The number of rotatable bonds is 6.